The molecule has 4 rings (SSSR count). The van der Waals surface area contributed by atoms with Crippen LogP contribution in [-0.2, 0) is 16.4 Å². The number of carbonyl (C=O) groups excluding carboxylic acids is 1. The van der Waals surface area contributed by atoms with E-state index >= 15 is 0 Å². The van der Waals surface area contributed by atoms with E-state index in [1.807, 2.05) is 37.3 Å². The summed E-state index contributed by atoms with van der Waals surface area (Å²) in [7, 11) is -3.31. The number of fused-ring (bicyclic) bond motifs is 1. The zero-order valence-electron chi connectivity index (χ0n) is 19.2. The lowest BCUT2D eigenvalue weighted by Crippen LogP contribution is -2.23. The van der Waals surface area contributed by atoms with E-state index in [2.05, 4.69) is 15.2 Å². The Hall–Kier alpha value is -3.59. The zero-order chi connectivity index (χ0) is 24.1. The number of anilines is 2. The molecule has 9 heteroatoms. The van der Waals surface area contributed by atoms with Crippen molar-refractivity contribution >= 4 is 27.1 Å². The first-order valence-electron chi connectivity index (χ1n) is 11.1. The van der Waals surface area contributed by atoms with E-state index in [9.17, 15) is 13.2 Å². The number of hydrogen-bond donors (Lipinski definition) is 1. The predicted molar refractivity (Wildman–Crippen MR) is 130 cm³/mol. The molecule has 0 bridgehead atoms. The van der Waals surface area contributed by atoms with Crippen molar-refractivity contribution in [2.75, 3.05) is 30.9 Å². The van der Waals surface area contributed by atoms with E-state index in [1.54, 1.807) is 18.2 Å². The summed E-state index contributed by atoms with van der Waals surface area (Å²) in [6.07, 6.45) is 3.26. The highest BCUT2D eigenvalue weighted by molar-refractivity contribution is 7.90. The first kappa shape index (κ1) is 23.6. The second kappa shape index (κ2) is 10.1. The van der Waals surface area contributed by atoms with E-state index in [-0.39, 0.29) is 17.3 Å². The molecular formula is C25H27N3O5S. The smallest absolute Gasteiger partial charge is 0.251 e. The number of hydrogen-bond acceptors (Lipinski definition) is 7. The van der Waals surface area contributed by atoms with Crippen LogP contribution in [0.15, 0.2) is 65.7 Å². The standard InChI is InChI=1S/C25H27N3O5S/c1-3-32-21-7-4-6-20(15-21)28-12-5-13-33-24-14-18(8-11-23(24)28)25(29)27-16-19-9-10-22(17-26-19)34(2,30)31/h4,6-11,14-15,17H,3,5,12-13,16H2,1-2H3,(H,27,29). The van der Waals surface area contributed by atoms with Crippen LogP contribution in [0.4, 0.5) is 11.4 Å². The van der Waals surface area contributed by atoms with E-state index < -0.39 is 9.84 Å². The van der Waals surface area contributed by atoms with Crippen LogP contribution in [0, 0.1) is 0 Å². The van der Waals surface area contributed by atoms with Crippen molar-refractivity contribution in [2.45, 2.75) is 24.8 Å². The molecule has 0 saturated heterocycles. The second-order valence-corrected chi connectivity index (χ2v) is 9.92. The molecule has 0 fully saturated rings. The summed E-state index contributed by atoms with van der Waals surface area (Å²) in [5.41, 5.74) is 2.92. The van der Waals surface area contributed by atoms with Crippen molar-refractivity contribution < 1.29 is 22.7 Å². The first-order chi connectivity index (χ1) is 16.3. The Labute approximate surface area is 199 Å². The maximum absolute atomic E-state index is 12.8. The fourth-order valence-corrected chi connectivity index (χ4v) is 4.26. The Balaban J connectivity index is 1.50. The lowest BCUT2D eigenvalue weighted by atomic mass is 10.1. The minimum absolute atomic E-state index is 0.141. The van der Waals surface area contributed by atoms with Gasteiger partial charge in [-0.1, -0.05) is 6.07 Å². The first-order valence-corrected chi connectivity index (χ1v) is 12.9. The molecule has 2 aromatic carbocycles. The minimum Gasteiger partial charge on any atom is -0.494 e. The number of carbonyl (C=O) groups is 1. The van der Waals surface area contributed by atoms with Gasteiger partial charge in [0.1, 0.15) is 11.5 Å². The van der Waals surface area contributed by atoms with Gasteiger partial charge in [0.25, 0.3) is 5.91 Å². The average Bonchev–Trinajstić information content (AvgIpc) is 3.04. The third kappa shape index (κ3) is 5.48. The van der Waals surface area contributed by atoms with Crippen LogP contribution >= 0.6 is 0 Å². The fourth-order valence-electron chi connectivity index (χ4n) is 3.70. The average molecular weight is 482 g/mol. The van der Waals surface area contributed by atoms with Gasteiger partial charge < -0.3 is 19.7 Å². The molecule has 1 aliphatic heterocycles. The normalized spacial score (nSPS) is 13.4. The highest BCUT2D eigenvalue weighted by atomic mass is 32.2. The molecule has 1 aromatic heterocycles. The van der Waals surface area contributed by atoms with Crippen LogP contribution in [-0.4, -0.2) is 45.3 Å². The van der Waals surface area contributed by atoms with E-state index in [1.165, 1.54) is 12.3 Å². The monoisotopic (exact) mass is 481 g/mol. The second-order valence-electron chi connectivity index (χ2n) is 7.91. The number of nitrogens with zero attached hydrogens (tertiary/aromatic N) is 2. The molecule has 0 saturated carbocycles. The van der Waals surface area contributed by atoms with Crippen molar-refractivity contribution in [1.82, 2.24) is 10.3 Å². The molecule has 0 atom stereocenters. The fraction of sp³-hybridized carbons (Fsp3) is 0.280. The molecule has 0 aliphatic carbocycles. The van der Waals surface area contributed by atoms with Gasteiger partial charge in [0.2, 0.25) is 0 Å². The Morgan fingerprint density at radius 1 is 1.18 bits per heavy atom. The number of aromatic nitrogens is 1. The van der Waals surface area contributed by atoms with Gasteiger partial charge in [0, 0.05) is 36.3 Å². The topological polar surface area (TPSA) is 97.8 Å². The maximum atomic E-state index is 12.8. The highest BCUT2D eigenvalue weighted by Gasteiger charge is 2.20. The third-order valence-electron chi connectivity index (χ3n) is 5.39. The zero-order valence-corrected chi connectivity index (χ0v) is 20.0. The number of rotatable bonds is 7. The summed E-state index contributed by atoms with van der Waals surface area (Å²) < 4.78 is 34.7. The molecule has 8 nitrogen and oxygen atoms in total. The lowest BCUT2D eigenvalue weighted by Gasteiger charge is -2.24. The van der Waals surface area contributed by atoms with Crippen molar-refractivity contribution in [1.29, 1.82) is 0 Å². The Morgan fingerprint density at radius 3 is 2.76 bits per heavy atom. The van der Waals surface area contributed by atoms with Gasteiger partial charge in [-0.2, -0.15) is 0 Å². The number of sulfone groups is 1. The molecule has 1 aliphatic rings. The SMILES string of the molecule is CCOc1cccc(N2CCCOc3cc(C(=O)NCc4ccc(S(C)(=O)=O)cn4)ccc32)c1. The summed E-state index contributed by atoms with van der Waals surface area (Å²) in [5, 5.41) is 2.82. The Bertz CT molecular complexity index is 1280. The quantitative estimate of drug-likeness (QED) is 0.549. The van der Waals surface area contributed by atoms with Crippen LogP contribution in [0.3, 0.4) is 0 Å². The summed E-state index contributed by atoms with van der Waals surface area (Å²) in [4.78, 5) is 19.2. The van der Waals surface area contributed by atoms with Crippen LogP contribution in [0.25, 0.3) is 0 Å². The molecule has 178 valence electrons. The number of pyridine rings is 1. The molecule has 2 heterocycles. The van der Waals surface area contributed by atoms with Gasteiger partial charge >= 0.3 is 0 Å². The summed E-state index contributed by atoms with van der Waals surface area (Å²) in [6, 6.07) is 16.4. The van der Waals surface area contributed by atoms with Crippen LogP contribution in [0.2, 0.25) is 0 Å². The van der Waals surface area contributed by atoms with Gasteiger partial charge in [0.05, 0.1) is 36.0 Å². The molecule has 0 spiro atoms. The Kier molecular flexibility index (Phi) is 7.02. The molecule has 0 unspecified atom stereocenters. The molecule has 1 N–H and O–H groups in total. The molecule has 34 heavy (non-hydrogen) atoms. The van der Waals surface area contributed by atoms with Crippen LogP contribution < -0.4 is 19.7 Å². The molecule has 1 amide bonds. The Morgan fingerprint density at radius 2 is 2.03 bits per heavy atom. The van der Waals surface area contributed by atoms with Gasteiger partial charge in [-0.25, -0.2) is 8.42 Å². The summed E-state index contributed by atoms with van der Waals surface area (Å²) in [6.45, 7) is 4.06. The van der Waals surface area contributed by atoms with E-state index in [0.29, 0.717) is 30.2 Å². The molecule has 0 radical (unpaired) electrons. The largest absolute Gasteiger partial charge is 0.494 e. The number of benzene rings is 2. The van der Waals surface area contributed by atoms with Gasteiger partial charge in [-0.15, -0.1) is 0 Å². The van der Waals surface area contributed by atoms with Gasteiger partial charge in [-0.05, 0) is 55.8 Å². The number of ether oxygens (including phenoxy) is 2. The minimum atomic E-state index is -3.31. The van der Waals surface area contributed by atoms with Crippen LogP contribution in [0.1, 0.15) is 29.4 Å². The van der Waals surface area contributed by atoms with Crippen LogP contribution in [0.5, 0.6) is 11.5 Å². The summed E-state index contributed by atoms with van der Waals surface area (Å²) in [5.74, 6) is 1.18. The van der Waals surface area contributed by atoms with E-state index in [4.69, 9.17) is 9.47 Å². The maximum Gasteiger partial charge on any atom is 0.251 e. The van der Waals surface area contributed by atoms with Gasteiger partial charge in [-0.3, -0.25) is 9.78 Å². The molecule has 3 aromatic rings. The van der Waals surface area contributed by atoms with Crippen molar-refractivity contribution in [3.8, 4) is 11.5 Å². The predicted octanol–water partition coefficient (Wildman–Crippen LogP) is 3.73. The van der Waals surface area contributed by atoms with Crippen molar-refractivity contribution in [3.05, 3.63) is 72.1 Å². The van der Waals surface area contributed by atoms with Crippen molar-refractivity contribution in [2.24, 2.45) is 0 Å². The van der Waals surface area contributed by atoms with Gasteiger partial charge in [0.15, 0.2) is 9.84 Å². The summed E-state index contributed by atoms with van der Waals surface area (Å²) >= 11 is 0. The number of amides is 1. The third-order valence-corrected chi connectivity index (χ3v) is 6.49. The van der Waals surface area contributed by atoms with Crippen molar-refractivity contribution in [3.63, 3.8) is 0 Å². The lowest BCUT2D eigenvalue weighted by molar-refractivity contribution is 0.0950. The highest BCUT2D eigenvalue weighted by Crippen LogP contribution is 2.37. The van der Waals surface area contributed by atoms with E-state index in [0.717, 1.165) is 36.3 Å². The molecular weight excluding hydrogens is 454 g/mol. The number of nitrogens with one attached hydrogen (secondary N) is 1.